The molecular formula is C29H39FN4O5S. The van der Waals surface area contributed by atoms with Crippen LogP contribution in [0.1, 0.15) is 86.1 Å². The molecule has 1 aromatic heterocycles. The van der Waals surface area contributed by atoms with Crippen molar-refractivity contribution in [2.75, 3.05) is 17.6 Å². The Bertz CT molecular complexity index is 1440. The van der Waals surface area contributed by atoms with E-state index < -0.39 is 27.5 Å². The minimum atomic E-state index is -3.51. The maximum atomic E-state index is 15.6. The Labute approximate surface area is 234 Å². The van der Waals surface area contributed by atoms with Gasteiger partial charge in [0.15, 0.2) is 9.84 Å². The molecule has 218 valence electrons. The van der Waals surface area contributed by atoms with E-state index in [0.717, 1.165) is 36.2 Å². The average molecular weight is 575 g/mol. The number of halogens is 1. The van der Waals surface area contributed by atoms with Crippen molar-refractivity contribution in [3.05, 3.63) is 40.5 Å². The van der Waals surface area contributed by atoms with Crippen LogP contribution in [-0.2, 0) is 38.6 Å². The van der Waals surface area contributed by atoms with Gasteiger partial charge in [-0.1, -0.05) is 13.8 Å². The number of carbonyl (C=O) groups excluding carboxylic acids is 2. The summed E-state index contributed by atoms with van der Waals surface area (Å²) >= 11 is 0. The number of carbonyl (C=O) groups is 2. The van der Waals surface area contributed by atoms with Crippen LogP contribution in [0, 0.1) is 11.2 Å². The molecule has 1 fully saturated rings. The van der Waals surface area contributed by atoms with Crippen LogP contribution in [-0.4, -0.2) is 49.3 Å². The van der Waals surface area contributed by atoms with Gasteiger partial charge in [-0.2, -0.15) is 0 Å². The number of rotatable bonds is 8. The summed E-state index contributed by atoms with van der Waals surface area (Å²) < 4.78 is 50.3. The number of hydrogen-bond acceptors (Lipinski definition) is 7. The van der Waals surface area contributed by atoms with Crippen LogP contribution in [0.3, 0.4) is 0 Å². The molecule has 11 heteroatoms. The van der Waals surface area contributed by atoms with Crippen LogP contribution in [0.5, 0.6) is 0 Å². The molecular weight excluding hydrogens is 535 g/mol. The molecule has 5 N–H and O–H groups in total. The van der Waals surface area contributed by atoms with Crippen molar-refractivity contribution >= 4 is 27.4 Å². The van der Waals surface area contributed by atoms with Crippen molar-refractivity contribution in [3.63, 3.8) is 0 Å². The minimum Gasteiger partial charge on any atom is -0.461 e. The van der Waals surface area contributed by atoms with Gasteiger partial charge in [-0.25, -0.2) is 12.8 Å². The Morgan fingerprint density at radius 1 is 1.12 bits per heavy atom. The van der Waals surface area contributed by atoms with E-state index in [1.807, 2.05) is 18.4 Å². The predicted octanol–water partition coefficient (Wildman–Crippen LogP) is 3.57. The molecule has 0 saturated heterocycles. The van der Waals surface area contributed by atoms with E-state index >= 15 is 4.39 Å². The van der Waals surface area contributed by atoms with Gasteiger partial charge in [-0.3, -0.25) is 9.59 Å². The zero-order valence-electron chi connectivity index (χ0n) is 23.2. The quantitative estimate of drug-likeness (QED) is 0.409. The lowest BCUT2D eigenvalue weighted by Gasteiger charge is -2.36. The van der Waals surface area contributed by atoms with Gasteiger partial charge >= 0.3 is 5.97 Å². The number of nitrogens with one attached hydrogen (secondary N) is 1. The zero-order chi connectivity index (χ0) is 28.8. The largest absolute Gasteiger partial charge is 0.461 e. The topological polar surface area (TPSA) is 147 Å². The summed E-state index contributed by atoms with van der Waals surface area (Å²) in [5.41, 5.74) is 13.6. The van der Waals surface area contributed by atoms with Gasteiger partial charge in [0.25, 0.3) is 5.91 Å². The van der Waals surface area contributed by atoms with Crippen LogP contribution in [0.15, 0.2) is 17.0 Å². The van der Waals surface area contributed by atoms with Gasteiger partial charge in [0.2, 0.25) is 0 Å². The fourth-order valence-corrected chi connectivity index (χ4v) is 9.52. The van der Waals surface area contributed by atoms with Crippen molar-refractivity contribution in [1.82, 2.24) is 4.57 Å². The van der Waals surface area contributed by atoms with Gasteiger partial charge in [0, 0.05) is 17.4 Å². The van der Waals surface area contributed by atoms with Crippen LogP contribution >= 0.6 is 0 Å². The highest BCUT2D eigenvalue weighted by Crippen LogP contribution is 2.47. The van der Waals surface area contributed by atoms with Crippen LogP contribution < -0.4 is 16.8 Å². The smallest absolute Gasteiger partial charge is 0.319 e. The summed E-state index contributed by atoms with van der Waals surface area (Å²) in [5, 5.41) is 3.33. The van der Waals surface area contributed by atoms with Crippen LogP contribution in [0.4, 0.5) is 10.1 Å². The third kappa shape index (κ3) is 5.02. The number of aromatic nitrogens is 1. The zero-order valence-corrected chi connectivity index (χ0v) is 24.0. The molecule has 9 nitrogen and oxygen atoms in total. The highest BCUT2D eigenvalue weighted by molar-refractivity contribution is 7.91. The monoisotopic (exact) mass is 574 g/mol. The number of sulfone groups is 1. The maximum absolute atomic E-state index is 15.6. The molecule has 1 aliphatic heterocycles. The molecule has 1 aromatic carbocycles. The van der Waals surface area contributed by atoms with E-state index in [4.69, 9.17) is 16.2 Å². The van der Waals surface area contributed by atoms with Gasteiger partial charge in [0.05, 0.1) is 34.1 Å². The first-order valence-corrected chi connectivity index (χ1v) is 16.0. The first-order valence-electron chi connectivity index (χ1n) is 14.3. The number of nitrogens with two attached hydrogens (primary N) is 2. The molecule has 0 spiro atoms. The number of primary amides is 1. The SMILES string of the molecule is CCC1(CC)Cc2c(c3c(n2-c2cc(F)c(C(N)=O)c(N[C@H]4CC[C@H](OC(=O)CN)CC4)c2)CCC3)S(=O)(=O)C1. The molecule has 40 heavy (non-hydrogen) atoms. The second-order valence-corrected chi connectivity index (χ2v) is 13.5. The van der Waals surface area contributed by atoms with Crippen molar-refractivity contribution in [3.8, 4) is 5.69 Å². The van der Waals surface area contributed by atoms with Gasteiger partial charge in [-0.15, -0.1) is 0 Å². The van der Waals surface area contributed by atoms with E-state index in [1.165, 1.54) is 6.07 Å². The van der Waals surface area contributed by atoms with E-state index in [1.54, 1.807) is 6.07 Å². The number of esters is 1. The third-order valence-electron chi connectivity index (χ3n) is 9.19. The second kappa shape index (κ2) is 10.8. The van der Waals surface area contributed by atoms with E-state index in [9.17, 15) is 18.0 Å². The lowest BCUT2D eigenvalue weighted by atomic mass is 9.79. The molecule has 2 heterocycles. The molecule has 1 amide bonds. The normalized spacial score (nSPS) is 22.8. The third-order valence-corrected chi connectivity index (χ3v) is 11.3. The highest BCUT2D eigenvalue weighted by Gasteiger charge is 2.45. The van der Waals surface area contributed by atoms with Crippen molar-refractivity contribution in [1.29, 1.82) is 0 Å². The lowest BCUT2D eigenvalue weighted by molar-refractivity contribution is -0.148. The van der Waals surface area contributed by atoms with E-state index in [2.05, 4.69) is 5.32 Å². The van der Waals surface area contributed by atoms with Crippen LogP contribution in [0.2, 0.25) is 0 Å². The maximum Gasteiger partial charge on any atom is 0.319 e. The molecule has 0 unspecified atom stereocenters. The molecule has 0 radical (unpaired) electrons. The number of hydrogen-bond donors (Lipinski definition) is 3. The minimum absolute atomic E-state index is 0.0851. The Kier molecular flexibility index (Phi) is 7.73. The van der Waals surface area contributed by atoms with Crippen molar-refractivity contribution < 1.29 is 27.1 Å². The molecule has 1 saturated carbocycles. The molecule has 3 aliphatic rings. The Morgan fingerprint density at radius 2 is 1.82 bits per heavy atom. The summed E-state index contributed by atoms with van der Waals surface area (Å²) in [7, 11) is -3.51. The fourth-order valence-electron chi connectivity index (χ4n) is 6.95. The number of fused-ring (bicyclic) bond motifs is 3. The number of benzene rings is 1. The number of ether oxygens (including phenoxy) is 1. The first kappa shape index (κ1) is 28.6. The second-order valence-electron chi connectivity index (χ2n) is 11.6. The Hall–Kier alpha value is -2.92. The summed E-state index contributed by atoms with van der Waals surface area (Å²) in [5.74, 6) is -1.94. The van der Waals surface area contributed by atoms with E-state index in [-0.39, 0.29) is 41.1 Å². The molecule has 0 atom stereocenters. The Balaban J connectivity index is 1.55. The average Bonchev–Trinajstić information content (AvgIpc) is 3.48. The standard InChI is InChI=1S/C29H39FN4O5S/c1-3-29(4-2)14-24-27(40(37,38)16-29)20-6-5-7-23(20)34(24)18-12-21(30)26(28(32)36)22(13-18)33-17-8-10-19(11-9-17)39-25(35)15-31/h12-13,17,19,33H,3-11,14-16,31H2,1-2H3,(H2,32,36)/t17-,19-. The van der Waals surface area contributed by atoms with Gasteiger partial charge in [-0.05, 0) is 87.3 Å². The lowest BCUT2D eigenvalue weighted by Crippen LogP contribution is -2.37. The number of amides is 1. The summed E-state index contributed by atoms with van der Waals surface area (Å²) in [6.45, 7) is 3.89. The van der Waals surface area contributed by atoms with Gasteiger partial charge in [0.1, 0.15) is 11.9 Å². The van der Waals surface area contributed by atoms with Crippen molar-refractivity contribution in [2.45, 2.75) is 95.1 Å². The number of anilines is 1. The molecule has 0 bridgehead atoms. The first-order chi connectivity index (χ1) is 19.0. The summed E-state index contributed by atoms with van der Waals surface area (Å²) in [4.78, 5) is 24.3. The Morgan fingerprint density at radius 3 is 2.45 bits per heavy atom. The summed E-state index contributed by atoms with van der Waals surface area (Å²) in [6, 6.07) is 2.94. The molecule has 5 rings (SSSR count). The fraction of sp³-hybridized carbons (Fsp3) is 0.586. The van der Waals surface area contributed by atoms with E-state index in [0.29, 0.717) is 55.5 Å². The van der Waals surface area contributed by atoms with Crippen LogP contribution in [0.25, 0.3) is 5.69 Å². The molecule has 2 aromatic rings. The molecule has 2 aliphatic carbocycles. The highest BCUT2D eigenvalue weighted by atomic mass is 32.2. The number of nitrogens with zero attached hydrogens (tertiary/aromatic N) is 1. The summed E-state index contributed by atoms with van der Waals surface area (Å²) in [6.07, 6.45) is 6.57. The van der Waals surface area contributed by atoms with Gasteiger partial charge < -0.3 is 26.1 Å². The predicted molar refractivity (Wildman–Crippen MR) is 150 cm³/mol. The van der Waals surface area contributed by atoms with Crippen molar-refractivity contribution in [2.24, 2.45) is 16.9 Å².